The number of rotatable bonds is 6. The van der Waals surface area contributed by atoms with E-state index in [0.29, 0.717) is 6.54 Å². The van der Waals surface area contributed by atoms with Gasteiger partial charge in [-0.15, -0.1) is 11.3 Å². The number of piperazine rings is 1. The van der Waals surface area contributed by atoms with Gasteiger partial charge in [0.05, 0.1) is 5.71 Å². The zero-order chi connectivity index (χ0) is 18.4. The van der Waals surface area contributed by atoms with E-state index >= 15 is 0 Å². The molecule has 7 heteroatoms. The van der Waals surface area contributed by atoms with Crippen LogP contribution >= 0.6 is 22.9 Å². The van der Waals surface area contributed by atoms with Crippen molar-refractivity contribution in [2.24, 2.45) is 5.10 Å². The molecule has 26 heavy (non-hydrogen) atoms. The fourth-order valence-corrected chi connectivity index (χ4v) is 4.05. The highest BCUT2D eigenvalue weighted by Gasteiger charge is 2.25. The number of quaternary nitrogens is 2. The summed E-state index contributed by atoms with van der Waals surface area (Å²) >= 11 is 7.88. The Labute approximate surface area is 163 Å². The van der Waals surface area contributed by atoms with Crippen LogP contribution in [0, 0.1) is 0 Å². The first-order valence-corrected chi connectivity index (χ1v) is 10.1. The molecule has 0 spiro atoms. The zero-order valence-electron chi connectivity index (χ0n) is 14.9. The second-order valence-electron chi connectivity index (χ2n) is 6.65. The quantitative estimate of drug-likeness (QED) is 0.478. The molecule has 1 amide bonds. The van der Waals surface area contributed by atoms with E-state index in [-0.39, 0.29) is 5.91 Å². The molecule has 1 saturated heterocycles. The average Bonchev–Trinajstić information content (AvgIpc) is 3.18. The van der Waals surface area contributed by atoms with Crippen LogP contribution < -0.4 is 15.2 Å². The number of hydrogen-bond donors (Lipinski definition) is 3. The van der Waals surface area contributed by atoms with Crippen LogP contribution in [0.5, 0.6) is 0 Å². The molecule has 2 aromatic rings. The number of nitrogens with one attached hydrogen (secondary N) is 3. The number of hydrazone groups is 1. The summed E-state index contributed by atoms with van der Waals surface area (Å²) in [5.74, 6) is -0.0227. The standard InChI is InChI=1S/C19H23ClN4OS/c1-15(18-7-4-12-26-18)21-22-19(25)14-24-10-8-23(9-11-24)13-16-5-2-3-6-17(16)20/h2-7,12H,8-11,13-14H2,1H3,(H,22,25)/p+2/b21-15+. The number of hydrogen-bond acceptors (Lipinski definition) is 3. The summed E-state index contributed by atoms with van der Waals surface area (Å²) in [5.41, 5.74) is 4.73. The van der Waals surface area contributed by atoms with E-state index in [4.69, 9.17) is 11.6 Å². The second-order valence-corrected chi connectivity index (χ2v) is 8.01. The maximum Gasteiger partial charge on any atom is 0.295 e. The fourth-order valence-electron chi connectivity index (χ4n) is 3.17. The van der Waals surface area contributed by atoms with E-state index in [0.717, 1.165) is 48.3 Å². The van der Waals surface area contributed by atoms with Gasteiger partial charge in [-0.05, 0) is 24.4 Å². The van der Waals surface area contributed by atoms with Gasteiger partial charge in [-0.25, -0.2) is 5.43 Å². The monoisotopic (exact) mass is 392 g/mol. The lowest BCUT2D eigenvalue weighted by atomic mass is 10.2. The van der Waals surface area contributed by atoms with Crippen molar-refractivity contribution < 1.29 is 14.6 Å². The summed E-state index contributed by atoms with van der Waals surface area (Å²) in [4.78, 5) is 16.1. The number of benzene rings is 1. The molecular weight excluding hydrogens is 368 g/mol. The van der Waals surface area contributed by atoms with Gasteiger partial charge in [0.1, 0.15) is 32.7 Å². The van der Waals surface area contributed by atoms with Crippen molar-refractivity contribution >= 4 is 34.6 Å². The molecule has 138 valence electrons. The first-order chi connectivity index (χ1) is 12.6. The third-order valence-electron chi connectivity index (χ3n) is 4.70. The molecule has 0 saturated carbocycles. The van der Waals surface area contributed by atoms with Gasteiger partial charge in [-0.2, -0.15) is 5.10 Å². The van der Waals surface area contributed by atoms with Crippen LogP contribution in [0.15, 0.2) is 46.9 Å². The van der Waals surface area contributed by atoms with Gasteiger partial charge in [0.15, 0.2) is 6.54 Å². The molecule has 1 aromatic carbocycles. The lowest BCUT2D eigenvalue weighted by Crippen LogP contribution is -3.28. The van der Waals surface area contributed by atoms with Crippen LogP contribution in [0.3, 0.4) is 0 Å². The molecule has 0 bridgehead atoms. The number of halogens is 1. The Morgan fingerprint density at radius 1 is 1.15 bits per heavy atom. The summed E-state index contributed by atoms with van der Waals surface area (Å²) < 4.78 is 0. The number of thiophene rings is 1. The SMILES string of the molecule is C/C(=N\NC(=O)C[NH+]1CC[NH+](Cc2ccccc2Cl)CC1)c1cccs1. The molecule has 1 aromatic heterocycles. The van der Waals surface area contributed by atoms with E-state index in [1.165, 1.54) is 15.4 Å². The topological polar surface area (TPSA) is 50.3 Å². The first-order valence-electron chi connectivity index (χ1n) is 8.89. The molecule has 1 aliphatic rings. The minimum Gasteiger partial charge on any atom is -0.322 e. The number of carbonyl (C=O) groups is 1. The molecule has 5 nitrogen and oxygen atoms in total. The zero-order valence-corrected chi connectivity index (χ0v) is 16.5. The molecule has 0 atom stereocenters. The van der Waals surface area contributed by atoms with Gasteiger partial charge < -0.3 is 9.80 Å². The Bertz CT molecular complexity index is 755. The van der Waals surface area contributed by atoms with E-state index in [2.05, 4.69) is 16.6 Å². The molecule has 3 rings (SSSR count). The Morgan fingerprint density at radius 3 is 2.58 bits per heavy atom. The van der Waals surface area contributed by atoms with Crippen molar-refractivity contribution in [3.63, 3.8) is 0 Å². The van der Waals surface area contributed by atoms with Gasteiger partial charge in [-0.3, -0.25) is 4.79 Å². The number of amides is 1. The molecular formula is C19H25ClN4OS+2. The lowest BCUT2D eigenvalue weighted by Gasteiger charge is -2.29. The average molecular weight is 393 g/mol. The first kappa shape index (κ1) is 19.0. The maximum absolute atomic E-state index is 12.1. The normalized spacial score (nSPS) is 20.8. The van der Waals surface area contributed by atoms with Gasteiger partial charge in [0.2, 0.25) is 0 Å². The Morgan fingerprint density at radius 2 is 1.88 bits per heavy atom. The Hall–Kier alpha value is -1.73. The molecule has 0 radical (unpaired) electrons. The van der Waals surface area contributed by atoms with E-state index in [9.17, 15) is 4.79 Å². The summed E-state index contributed by atoms with van der Waals surface area (Å²) in [6, 6.07) is 12.0. The van der Waals surface area contributed by atoms with Crippen molar-refractivity contribution in [2.45, 2.75) is 13.5 Å². The smallest absolute Gasteiger partial charge is 0.295 e. The summed E-state index contributed by atoms with van der Waals surface area (Å²) in [6.45, 7) is 7.40. The van der Waals surface area contributed by atoms with Gasteiger partial charge in [0, 0.05) is 15.5 Å². The predicted octanol–water partition coefficient (Wildman–Crippen LogP) is 0.225. The molecule has 1 aliphatic heterocycles. The van der Waals surface area contributed by atoms with Crippen molar-refractivity contribution in [1.82, 2.24) is 5.43 Å². The van der Waals surface area contributed by atoms with Crippen LogP contribution in [0.1, 0.15) is 17.4 Å². The minimum atomic E-state index is -0.0227. The van der Waals surface area contributed by atoms with E-state index < -0.39 is 0 Å². The van der Waals surface area contributed by atoms with Gasteiger partial charge in [-0.1, -0.05) is 35.9 Å². The third-order valence-corrected chi connectivity index (χ3v) is 6.05. The van der Waals surface area contributed by atoms with Crippen molar-refractivity contribution in [1.29, 1.82) is 0 Å². The molecule has 0 aliphatic carbocycles. The largest absolute Gasteiger partial charge is 0.322 e. The Kier molecular flexibility index (Phi) is 6.80. The summed E-state index contributed by atoms with van der Waals surface area (Å²) in [5, 5.41) is 7.05. The highest BCUT2D eigenvalue weighted by Crippen LogP contribution is 2.13. The minimum absolute atomic E-state index is 0.0227. The van der Waals surface area contributed by atoms with E-state index in [1.54, 1.807) is 11.3 Å². The summed E-state index contributed by atoms with van der Waals surface area (Å²) in [6.07, 6.45) is 0. The van der Waals surface area contributed by atoms with Crippen molar-refractivity contribution in [3.05, 3.63) is 57.2 Å². The third kappa shape index (κ3) is 5.38. The molecule has 1 fully saturated rings. The van der Waals surface area contributed by atoms with Crippen LogP contribution in [-0.2, 0) is 11.3 Å². The van der Waals surface area contributed by atoms with Crippen molar-refractivity contribution in [3.8, 4) is 0 Å². The summed E-state index contributed by atoms with van der Waals surface area (Å²) in [7, 11) is 0. The lowest BCUT2D eigenvalue weighted by molar-refractivity contribution is -1.02. The van der Waals surface area contributed by atoms with Gasteiger partial charge >= 0.3 is 0 Å². The van der Waals surface area contributed by atoms with E-state index in [1.807, 2.05) is 42.6 Å². The second kappa shape index (κ2) is 9.28. The maximum atomic E-state index is 12.1. The molecule has 0 unspecified atom stereocenters. The number of nitrogens with zero attached hydrogens (tertiary/aromatic N) is 1. The van der Waals surface area contributed by atoms with Crippen LogP contribution in [0.2, 0.25) is 5.02 Å². The fraction of sp³-hybridized carbons (Fsp3) is 0.368. The highest BCUT2D eigenvalue weighted by atomic mass is 35.5. The number of carbonyl (C=O) groups excluding carboxylic acids is 1. The molecule has 3 N–H and O–H groups in total. The molecule has 2 heterocycles. The predicted molar refractivity (Wildman–Crippen MR) is 106 cm³/mol. The van der Waals surface area contributed by atoms with Crippen LogP contribution in [0.4, 0.5) is 0 Å². The van der Waals surface area contributed by atoms with Crippen LogP contribution in [0.25, 0.3) is 0 Å². The van der Waals surface area contributed by atoms with Crippen LogP contribution in [-0.4, -0.2) is 44.3 Å². The Balaban J connectivity index is 1.41. The van der Waals surface area contributed by atoms with Crippen molar-refractivity contribution in [2.75, 3.05) is 32.7 Å². The van der Waals surface area contributed by atoms with Gasteiger partial charge in [0.25, 0.3) is 5.91 Å². The highest BCUT2D eigenvalue weighted by molar-refractivity contribution is 7.12.